The summed E-state index contributed by atoms with van der Waals surface area (Å²) in [5.41, 5.74) is 1.54. The molecule has 1 saturated heterocycles. The van der Waals surface area contributed by atoms with E-state index in [-0.39, 0.29) is 10.7 Å². The molecule has 0 aromatic heterocycles. The van der Waals surface area contributed by atoms with Gasteiger partial charge in [0.25, 0.3) is 0 Å². The molecule has 3 rings (SSSR count). The Morgan fingerprint density at radius 1 is 1.03 bits per heavy atom. The molecule has 156 valence electrons. The van der Waals surface area contributed by atoms with Crippen molar-refractivity contribution in [1.29, 1.82) is 0 Å². The number of methoxy groups -OCH3 is 2. The number of sulfonamides is 1. The summed E-state index contributed by atoms with van der Waals surface area (Å²) in [5.74, 6) is 1.49. The number of hydrogen-bond acceptors (Lipinski definition) is 5. The topological polar surface area (TPSA) is 77.3 Å². The lowest BCUT2D eigenvalue weighted by Crippen LogP contribution is -3.13. The van der Waals surface area contributed by atoms with Crippen molar-refractivity contribution in [1.82, 2.24) is 4.31 Å². The average molecular weight is 420 g/mol. The molecule has 7 nitrogen and oxygen atoms in total. The summed E-state index contributed by atoms with van der Waals surface area (Å²) >= 11 is 0. The highest BCUT2D eigenvalue weighted by atomic mass is 32.2. The fraction of sp³-hybridized carbons (Fsp3) is 0.381. The van der Waals surface area contributed by atoms with Gasteiger partial charge in [0, 0.05) is 5.56 Å². The van der Waals surface area contributed by atoms with Crippen molar-refractivity contribution in [3.63, 3.8) is 0 Å². The summed E-state index contributed by atoms with van der Waals surface area (Å²) in [6.07, 6.45) is 0. The summed E-state index contributed by atoms with van der Waals surface area (Å²) in [4.78, 5) is 12.9. The van der Waals surface area contributed by atoms with E-state index in [1.54, 1.807) is 26.4 Å². The molecule has 1 aliphatic heterocycles. The van der Waals surface area contributed by atoms with Gasteiger partial charge >= 0.3 is 0 Å². The lowest BCUT2D eigenvalue weighted by Gasteiger charge is -2.31. The van der Waals surface area contributed by atoms with Crippen LogP contribution in [0, 0.1) is 0 Å². The molecule has 1 heterocycles. The Morgan fingerprint density at radius 3 is 2.24 bits per heavy atom. The van der Waals surface area contributed by atoms with E-state index in [0.717, 1.165) is 23.6 Å². The monoisotopic (exact) mass is 419 g/mol. The van der Waals surface area contributed by atoms with Gasteiger partial charge in [0.15, 0.2) is 5.78 Å². The van der Waals surface area contributed by atoms with Gasteiger partial charge in [0.05, 0.1) is 50.9 Å². The standard InChI is InChI=1S/C21H26N2O5S/c1-16(24)17-4-7-20(8-5-17)29(25,26)23-12-10-22(11-13-23)15-18-14-19(27-2)6-9-21(18)28-3/h4-9,14H,10-13,15H2,1-3H3/p+1. The zero-order chi connectivity index (χ0) is 21.0. The van der Waals surface area contributed by atoms with Crippen molar-refractivity contribution in [3.05, 3.63) is 53.6 Å². The van der Waals surface area contributed by atoms with Gasteiger partial charge in [-0.05, 0) is 37.3 Å². The number of carbonyl (C=O) groups excluding carboxylic acids is 1. The van der Waals surface area contributed by atoms with Crippen LogP contribution in [-0.4, -0.2) is 58.9 Å². The number of carbonyl (C=O) groups is 1. The Labute approximate surface area is 171 Å². The maximum Gasteiger partial charge on any atom is 0.243 e. The number of hydrogen-bond donors (Lipinski definition) is 1. The summed E-state index contributed by atoms with van der Waals surface area (Å²) in [7, 11) is -0.289. The second kappa shape index (κ2) is 8.94. The minimum Gasteiger partial charge on any atom is -0.497 e. The first-order chi connectivity index (χ1) is 13.8. The van der Waals surface area contributed by atoms with Crippen LogP contribution in [0.25, 0.3) is 0 Å². The normalized spacial score (nSPS) is 15.8. The van der Waals surface area contributed by atoms with Gasteiger partial charge in [-0.25, -0.2) is 8.42 Å². The van der Waals surface area contributed by atoms with Crippen molar-refractivity contribution in [2.24, 2.45) is 0 Å². The number of ether oxygens (including phenoxy) is 2. The van der Waals surface area contributed by atoms with Crippen LogP contribution in [0.2, 0.25) is 0 Å². The smallest absolute Gasteiger partial charge is 0.243 e. The van der Waals surface area contributed by atoms with Crippen molar-refractivity contribution in [3.8, 4) is 11.5 Å². The van der Waals surface area contributed by atoms with Gasteiger partial charge in [-0.15, -0.1) is 0 Å². The molecule has 0 unspecified atom stereocenters. The molecule has 0 saturated carbocycles. The Balaban J connectivity index is 1.66. The first kappa shape index (κ1) is 21.3. The summed E-state index contributed by atoms with van der Waals surface area (Å²) in [6.45, 7) is 4.48. The molecule has 0 spiro atoms. The van der Waals surface area contributed by atoms with Crippen LogP contribution in [0.5, 0.6) is 11.5 Å². The molecule has 8 heteroatoms. The molecular weight excluding hydrogens is 392 g/mol. The van der Waals surface area contributed by atoms with Crippen LogP contribution >= 0.6 is 0 Å². The second-order valence-corrected chi connectivity index (χ2v) is 9.03. The highest BCUT2D eigenvalue weighted by molar-refractivity contribution is 7.89. The van der Waals surface area contributed by atoms with E-state index in [4.69, 9.17) is 9.47 Å². The maximum absolute atomic E-state index is 12.9. The number of ketones is 1. The molecule has 29 heavy (non-hydrogen) atoms. The highest BCUT2D eigenvalue weighted by Gasteiger charge is 2.30. The Morgan fingerprint density at radius 2 is 1.69 bits per heavy atom. The summed E-state index contributed by atoms with van der Waals surface area (Å²) in [5, 5.41) is 0. The van der Waals surface area contributed by atoms with Crippen LogP contribution in [0.3, 0.4) is 0 Å². The van der Waals surface area contributed by atoms with Gasteiger partial charge in [-0.2, -0.15) is 4.31 Å². The van der Waals surface area contributed by atoms with Gasteiger partial charge in [0.2, 0.25) is 10.0 Å². The third-order valence-electron chi connectivity index (χ3n) is 5.26. The second-order valence-electron chi connectivity index (χ2n) is 7.09. The van der Waals surface area contributed by atoms with E-state index in [2.05, 4.69) is 0 Å². The minimum absolute atomic E-state index is 0.0841. The van der Waals surface area contributed by atoms with Crippen molar-refractivity contribution < 1.29 is 27.6 Å². The largest absolute Gasteiger partial charge is 0.497 e. The number of piperazine rings is 1. The van der Waals surface area contributed by atoms with E-state index < -0.39 is 10.0 Å². The van der Waals surface area contributed by atoms with Crippen molar-refractivity contribution in [2.75, 3.05) is 40.4 Å². The average Bonchev–Trinajstić information content (AvgIpc) is 2.74. The third-order valence-corrected chi connectivity index (χ3v) is 7.17. The molecule has 1 N–H and O–H groups in total. The SMILES string of the molecule is COc1ccc(OC)c(C[NH+]2CCN(S(=O)(=O)c3ccc(C(C)=O)cc3)CC2)c1. The third kappa shape index (κ3) is 4.77. The van der Waals surface area contributed by atoms with Crippen molar-refractivity contribution >= 4 is 15.8 Å². The van der Waals surface area contributed by atoms with Gasteiger partial charge in [-0.3, -0.25) is 4.79 Å². The minimum atomic E-state index is -3.56. The molecule has 0 radical (unpaired) electrons. The number of rotatable bonds is 7. The van der Waals surface area contributed by atoms with E-state index >= 15 is 0 Å². The molecule has 0 aliphatic carbocycles. The lowest BCUT2D eigenvalue weighted by molar-refractivity contribution is -0.917. The maximum atomic E-state index is 12.9. The molecule has 0 atom stereocenters. The number of nitrogens with one attached hydrogen (secondary N) is 1. The van der Waals surface area contributed by atoms with Gasteiger partial charge in [-0.1, -0.05) is 12.1 Å². The van der Waals surface area contributed by atoms with E-state index in [1.165, 1.54) is 28.3 Å². The van der Waals surface area contributed by atoms with Gasteiger partial charge < -0.3 is 14.4 Å². The number of benzene rings is 2. The molecule has 1 aliphatic rings. The summed E-state index contributed by atoms with van der Waals surface area (Å²) < 4.78 is 38.1. The summed E-state index contributed by atoms with van der Waals surface area (Å²) in [6, 6.07) is 11.8. The molecule has 2 aromatic carbocycles. The van der Waals surface area contributed by atoms with Crippen LogP contribution in [-0.2, 0) is 16.6 Å². The van der Waals surface area contributed by atoms with E-state index in [0.29, 0.717) is 31.7 Å². The zero-order valence-electron chi connectivity index (χ0n) is 17.0. The van der Waals surface area contributed by atoms with Gasteiger partial charge in [0.1, 0.15) is 18.0 Å². The zero-order valence-corrected chi connectivity index (χ0v) is 17.8. The first-order valence-electron chi connectivity index (χ1n) is 9.50. The molecule has 0 bridgehead atoms. The molecular formula is C21H27N2O5S+. The first-order valence-corrected chi connectivity index (χ1v) is 10.9. The Hall–Kier alpha value is -2.42. The fourth-order valence-electron chi connectivity index (χ4n) is 3.52. The molecule has 2 aromatic rings. The van der Waals surface area contributed by atoms with Crippen LogP contribution < -0.4 is 14.4 Å². The van der Waals surface area contributed by atoms with Crippen LogP contribution in [0.15, 0.2) is 47.4 Å². The molecule has 0 amide bonds. The Kier molecular flexibility index (Phi) is 6.56. The van der Waals surface area contributed by atoms with Crippen LogP contribution in [0.1, 0.15) is 22.8 Å². The van der Waals surface area contributed by atoms with E-state index in [1.807, 2.05) is 18.2 Å². The van der Waals surface area contributed by atoms with Crippen LogP contribution in [0.4, 0.5) is 0 Å². The Bertz CT molecular complexity index is 965. The number of Topliss-reactive ketones (excluding diaryl/α,β-unsaturated/α-hetero) is 1. The van der Waals surface area contributed by atoms with E-state index in [9.17, 15) is 13.2 Å². The quantitative estimate of drug-likeness (QED) is 0.678. The fourth-order valence-corrected chi connectivity index (χ4v) is 4.96. The predicted octanol–water partition coefficient (Wildman–Crippen LogP) is 0.996. The highest BCUT2D eigenvalue weighted by Crippen LogP contribution is 2.23. The predicted molar refractivity (Wildman–Crippen MR) is 109 cm³/mol. The lowest BCUT2D eigenvalue weighted by atomic mass is 10.1. The number of quaternary nitrogens is 1. The number of nitrogens with zero attached hydrogens (tertiary/aromatic N) is 1. The van der Waals surface area contributed by atoms with Crippen molar-refractivity contribution in [2.45, 2.75) is 18.4 Å². The molecule has 1 fully saturated rings.